The molecular formula is C16H17N3O2. The molecule has 5 nitrogen and oxygen atoms in total. The van der Waals surface area contributed by atoms with Gasteiger partial charge in [-0.3, -0.25) is 0 Å². The normalized spacial score (nSPS) is 11.1. The van der Waals surface area contributed by atoms with Crippen molar-refractivity contribution in [3.05, 3.63) is 54.0 Å². The lowest BCUT2D eigenvalue weighted by Gasteiger charge is -2.09. The Balaban J connectivity index is 2.02. The molecule has 0 radical (unpaired) electrons. The third kappa shape index (κ3) is 2.73. The average Bonchev–Trinajstić information content (AvgIpc) is 2.85. The molecule has 0 aliphatic rings. The van der Waals surface area contributed by atoms with Gasteiger partial charge in [0.15, 0.2) is 5.65 Å². The number of hydrogen-bond acceptors (Lipinski definition) is 4. The van der Waals surface area contributed by atoms with Gasteiger partial charge in [0.25, 0.3) is 0 Å². The maximum Gasteiger partial charge on any atom is 0.160 e. The van der Waals surface area contributed by atoms with Crippen molar-refractivity contribution in [1.82, 2.24) is 14.5 Å². The van der Waals surface area contributed by atoms with Crippen molar-refractivity contribution < 1.29 is 9.84 Å². The van der Waals surface area contributed by atoms with Crippen molar-refractivity contribution in [1.29, 1.82) is 0 Å². The number of hydrogen-bond donors (Lipinski definition) is 1. The number of aromatic nitrogens is 3. The molecule has 2 aromatic heterocycles. The Morgan fingerprint density at radius 3 is 2.86 bits per heavy atom. The first-order valence-electron chi connectivity index (χ1n) is 6.85. The molecule has 3 aromatic rings. The van der Waals surface area contributed by atoms with Crippen LogP contribution in [0.2, 0.25) is 0 Å². The van der Waals surface area contributed by atoms with Gasteiger partial charge in [0.1, 0.15) is 17.1 Å². The van der Waals surface area contributed by atoms with E-state index < -0.39 is 0 Å². The first kappa shape index (κ1) is 13.6. The van der Waals surface area contributed by atoms with Gasteiger partial charge in [0, 0.05) is 31.8 Å². The molecule has 1 N–H and O–H groups in total. The van der Waals surface area contributed by atoms with Gasteiger partial charge in [-0.15, -0.1) is 0 Å². The van der Waals surface area contributed by atoms with E-state index in [-0.39, 0.29) is 5.75 Å². The summed E-state index contributed by atoms with van der Waals surface area (Å²) in [4.78, 5) is 9.04. The Morgan fingerprint density at radius 1 is 1.19 bits per heavy atom. The van der Waals surface area contributed by atoms with Gasteiger partial charge < -0.3 is 14.4 Å². The van der Waals surface area contributed by atoms with Gasteiger partial charge in [-0.05, 0) is 18.2 Å². The van der Waals surface area contributed by atoms with E-state index in [4.69, 9.17) is 4.74 Å². The van der Waals surface area contributed by atoms with Gasteiger partial charge in [0.05, 0.1) is 6.61 Å². The van der Waals surface area contributed by atoms with E-state index in [9.17, 15) is 5.11 Å². The predicted octanol–water partition coefficient (Wildman–Crippen LogP) is 2.37. The van der Waals surface area contributed by atoms with Crippen LogP contribution in [-0.2, 0) is 17.7 Å². The number of nitrogens with zero attached hydrogens (tertiary/aromatic N) is 3. The van der Waals surface area contributed by atoms with Crippen LogP contribution >= 0.6 is 0 Å². The molecule has 0 amide bonds. The van der Waals surface area contributed by atoms with Gasteiger partial charge >= 0.3 is 0 Å². The smallest absolute Gasteiger partial charge is 0.160 e. The molecule has 0 saturated heterocycles. The Bertz CT molecular complexity index is 752. The van der Waals surface area contributed by atoms with Crippen molar-refractivity contribution in [3.8, 4) is 5.75 Å². The largest absolute Gasteiger partial charge is 0.508 e. The number of para-hydroxylation sites is 1. The molecule has 0 bridgehead atoms. The maximum absolute atomic E-state index is 9.94. The summed E-state index contributed by atoms with van der Waals surface area (Å²) >= 11 is 0. The first-order valence-corrected chi connectivity index (χ1v) is 6.85. The third-order valence-corrected chi connectivity index (χ3v) is 3.44. The van der Waals surface area contributed by atoms with Crippen molar-refractivity contribution in [2.75, 3.05) is 13.7 Å². The Hall–Kier alpha value is -2.40. The SMILES string of the molecule is COCCn1c(Cc2ccccc2O)nc2cccnc21. The lowest BCUT2D eigenvalue weighted by Crippen LogP contribution is -2.09. The Kier molecular flexibility index (Phi) is 3.83. The lowest BCUT2D eigenvalue weighted by molar-refractivity contribution is 0.187. The molecule has 5 heteroatoms. The van der Waals surface area contributed by atoms with E-state index in [1.807, 2.05) is 34.9 Å². The number of fused-ring (bicyclic) bond motifs is 1. The zero-order valence-corrected chi connectivity index (χ0v) is 11.9. The highest BCUT2D eigenvalue weighted by Gasteiger charge is 2.13. The molecule has 0 aliphatic carbocycles. The summed E-state index contributed by atoms with van der Waals surface area (Å²) < 4.78 is 7.21. The molecule has 0 atom stereocenters. The highest BCUT2D eigenvalue weighted by atomic mass is 16.5. The number of ether oxygens (including phenoxy) is 1. The van der Waals surface area contributed by atoms with Crippen LogP contribution in [-0.4, -0.2) is 33.4 Å². The summed E-state index contributed by atoms with van der Waals surface area (Å²) in [6.07, 6.45) is 2.32. The number of methoxy groups -OCH3 is 1. The summed E-state index contributed by atoms with van der Waals surface area (Å²) in [5.41, 5.74) is 2.56. The van der Waals surface area contributed by atoms with Crippen LogP contribution in [0, 0.1) is 0 Å². The highest BCUT2D eigenvalue weighted by Crippen LogP contribution is 2.21. The second-order valence-corrected chi connectivity index (χ2v) is 4.82. The molecule has 1 aromatic carbocycles. The molecule has 0 fully saturated rings. The number of phenolic OH excluding ortho intramolecular Hbond substituents is 1. The Labute approximate surface area is 122 Å². The number of aromatic hydroxyl groups is 1. The summed E-state index contributed by atoms with van der Waals surface area (Å²) in [7, 11) is 1.68. The van der Waals surface area contributed by atoms with E-state index in [2.05, 4.69) is 9.97 Å². The number of pyridine rings is 1. The average molecular weight is 283 g/mol. The van der Waals surface area contributed by atoms with Crippen molar-refractivity contribution in [2.45, 2.75) is 13.0 Å². The molecule has 21 heavy (non-hydrogen) atoms. The maximum atomic E-state index is 9.94. The second kappa shape index (κ2) is 5.93. The van der Waals surface area contributed by atoms with Crippen molar-refractivity contribution >= 4 is 11.2 Å². The second-order valence-electron chi connectivity index (χ2n) is 4.82. The quantitative estimate of drug-likeness (QED) is 0.781. The summed E-state index contributed by atoms with van der Waals surface area (Å²) in [5, 5.41) is 9.94. The fraction of sp³-hybridized carbons (Fsp3) is 0.250. The van der Waals surface area contributed by atoms with E-state index in [0.29, 0.717) is 19.6 Å². The molecule has 0 spiro atoms. The fourth-order valence-electron chi connectivity index (χ4n) is 2.39. The van der Waals surface area contributed by atoms with E-state index >= 15 is 0 Å². The summed E-state index contributed by atoms with van der Waals surface area (Å²) in [6, 6.07) is 11.1. The van der Waals surface area contributed by atoms with Gasteiger partial charge in [0.2, 0.25) is 0 Å². The monoisotopic (exact) mass is 283 g/mol. The molecule has 0 unspecified atom stereocenters. The number of benzene rings is 1. The molecule has 0 aliphatic heterocycles. The topological polar surface area (TPSA) is 60.2 Å². The van der Waals surface area contributed by atoms with Crippen LogP contribution in [0.1, 0.15) is 11.4 Å². The zero-order chi connectivity index (χ0) is 14.7. The van der Waals surface area contributed by atoms with Crippen molar-refractivity contribution in [2.24, 2.45) is 0 Å². The molecule has 108 valence electrons. The van der Waals surface area contributed by atoms with E-state index in [1.54, 1.807) is 19.4 Å². The lowest BCUT2D eigenvalue weighted by atomic mass is 10.1. The van der Waals surface area contributed by atoms with E-state index in [0.717, 1.165) is 22.6 Å². The standard InChI is InChI=1S/C16H17N3O2/c1-21-10-9-19-15(11-12-5-2-3-7-14(12)20)18-13-6-4-8-17-16(13)19/h2-8,20H,9-11H2,1H3. The molecule has 3 rings (SSSR count). The minimum Gasteiger partial charge on any atom is -0.508 e. The molecular weight excluding hydrogens is 266 g/mol. The van der Waals surface area contributed by atoms with Crippen LogP contribution in [0.5, 0.6) is 5.75 Å². The predicted molar refractivity (Wildman–Crippen MR) is 80.3 cm³/mol. The number of rotatable bonds is 5. The number of imidazole rings is 1. The minimum atomic E-state index is 0.288. The summed E-state index contributed by atoms with van der Waals surface area (Å²) in [6.45, 7) is 1.28. The first-order chi connectivity index (χ1) is 10.3. The molecule has 2 heterocycles. The van der Waals surface area contributed by atoms with Crippen LogP contribution in [0.4, 0.5) is 0 Å². The highest BCUT2D eigenvalue weighted by molar-refractivity contribution is 5.71. The fourth-order valence-corrected chi connectivity index (χ4v) is 2.39. The number of phenols is 1. The van der Waals surface area contributed by atoms with Crippen LogP contribution in [0.3, 0.4) is 0 Å². The van der Waals surface area contributed by atoms with Crippen molar-refractivity contribution in [3.63, 3.8) is 0 Å². The van der Waals surface area contributed by atoms with Crippen LogP contribution in [0.25, 0.3) is 11.2 Å². The zero-order valence-electron chi connectivity index (χ0n) is 11.9. The van der Waals surface area contributed by atoms with Gasteiger partial charge in [-0.1, -0.05) is 18.2 Å². The molecule has 0 saturated carbocycles. The van der Waals surface area contributed by atoms with Gasteiger partial charge in [-0.2, -0.15) is 0 Å². The minimum absolute atomic E-state index is 0.288. The van der Waals surface area contributed by atoms with E-state index in [1.165, 1.54) is 0 Å². The summed E-state index contributed by atoms with van der Waals surface area (Å²) in [5.74, 6) is 1.16. The Morgan fingerprint density at radius 2 is 2.05 bits per heavy atom. The third-order valence-electron chi connectivity index (χ3n) is 3.44. The van der Waals surface area contributed by atoms with Crippen LogP contribution in [0.15, 0.2) is 42.6 Å². The van der Waals surface area contributed by atoms with Gasteiger partial charge in [-0.25, -0.2) is 9.97 Å². The van der Waals surface area contributed by atoms with Crippen LogP contribution < -0.4 is 0 Å².